The predicted molar refractivity (Wildman–Crippen MR) is 88.7 cm³/mol. The van der Waals surface area contributed by atoms with Crippen LogP contribution in [0.1, 0.15) is 25.8 Å². The number of benzene rings is 1. The van der Waals surface area contributed by atoms with Crippen LogP contribution in [0.2, 0.25) is 0 Å². The number of carboxylic acid groups (broad SMARTS) is 1. The highest BCUT2D eigenvalue weighted by atomic mass is 16.5. The Kier molecular flexibility index (Phi) is 7.05. The summed E-state index contributed by atoms with van der Waals surface area (Å²) < 4.78 is 5.08. The fourth-order valence-electron chi connectivity index (χ4n) is 2.11. The molecule has 0 radical (unpaired) electrons. The zero-order valence-corrected chi connectivity index (χ0v) is 14.2. The van der Waals surface area contributed by atoms with E-state index in [1.165, 1.54) is 18.7 Å². The van der Waals surface area contributed by atoms with Gasteiger partial charge in [0.15, 0.2) is 0 Å². The Morgan fingerprint density at radius 2 is 1.96 bits per heavy atom. The second-order valence-corrected chi connectivity index (χ2v) is 5.75. The molecule has 1 aromatic carbocycles. The van der Waals surface area contributed by atoms with Crippen molar-refractivity contribution in [3.63, 3.8) is 0 Å². The van der Waals surface area contributed by atoms with Gasteiger partial charge in [0.25, 0.3) is 0 Å². The fourth-order valence-corrected chi connectivity index (χ4v) is 2.11. The van der Waals surface area contributed by atoms with Crippen LogP contribution in [0.15, 0.2) is 24.3 Å². The third-order valence-corrected chi connectivity index (χ3v) is 3.74. The molecule has 2 N–H and O–H groups in total. The van der Waals surface area contributed by atoms with Gasteiger partial charge in [0.05, 0.1) is 19.6 Å². The minimum absolute atomic E-state index is 0.0597. The standard InChI is InChI=1S/C17H23N3O4/c1-17(2,15(21)22)20(12-4-10-18)16(23)19-11-9-13-5-7-14(24-3)8-6-13/h5-8H,4,9,11-12H2,1-3H3,(H,19,23)(H,21,22). The lowest BCUT2D eigenvalue weighted by Gasteiger charge is -2.34. The van der Waals surface area contributed by atoms with Crippen LogP contribution in [0.3, 0.4) is 0 Å². The number of nitrogens with one attached hydrogen (secondary N) is 1. The molecule has 0 saturated heterocycles. The molecular formula is C17H23N3O4. The Balaban J connectivity index is 2.64. The van der Waals surface area contributed by atoms with Crippen LogP contribution in [0, 0.1) is 11.3 Å². The molecule has 2 amide bonds. The SMILES string of the molecule is COc1ccc(CCNC(=O)N(CCC#N)C(C)(C)C(=O)O)cc1. The van der Waals surface area contributed by atoms with Crippen LogP contribution < -0.4 is 10.1 Å². The third-order valence-electron chi connectivity index (χ3n) is 3.74. The molecule has 1 rings (SSSR count). The fraction of sp³-hybridized carbons (Fsp3) is 0.471. The van der Waals surface area contributed by atoms with E-state index in [4.69, 9.17) is 10.00 Å². The van der Waals surface area contributed by atoms with E-state index in [0.717, 1.165) is 11.3 Å². The highest BCUT2D eigenvalue weighted by molar-refractivity contribution is 5.85. The summed E-state index contributed by atoms with van der Waals surface area (Å²) in [6.07, 6.45) is 0.679. The largest absolute Gasteiger partial charge is 0.497 e. The highest BCUT2D eigenvalue weighted by Gasteiger charge is 2.37. The van der Waals surface area contributed by atoms with Crippen molar-refractivity contribution in [1.82, 2.24) is 10.2 Å². The van der Waals surface area contributed by atoms with E-state index < -0.39 is 17.5 Å². The average Bonchev–Trinajstić information content (AvgIpc) is 2.55. The van der Waals surface area contributed by atoms with E-state index in [9.17, 15) is 14.7 Å². The number of hydrogen-bond donors (Lipinski definition) is 2. The molecule has 7 nitrogen and oxygen atoms in total. The molecule has 0 heterocycles. The smallest absolute Gasteiger partial charge is 0.329 e. The van der Waals surface area contributed by atoms with Gasteiger partial charge in [-0.15, -0.1) is 0 Å². The number of aliphatic carboxylic acids is 1. The van der Waals surface area contributed by atoms with Crippen molar-refractivity contribution in [3.8, 4) is 11.8 Å². The van der Waals surface area contributed by atoms with Gasteiger partial charge < -0.3 is 20.1 Å². The zero-order valence-electron chi connectivity index (χ0n) is 14.2. The quantitative estimate of drug-likeness (QED) is 0.757. The average molecular weight is 333 g/mol. The van der Waals surface area contributed by atoms with Gasteiger partial charge in [0, 0.05) is 13.1 Å². The van der Waals surface area contributed by atoms with Crippen molar-refractivity contribution < 1.29 is 19.4 Å². The van der Waals surface area contributed by atoms with Crippen LogP contribution in [-0.2, 0) is 11.2 Å². The first kappa shape index (κ1) is 19.3. The second kappa shape index (κ2) is 8.77. The Hall–Kier alpha value is -2.75. The van der Waals surface area contributed by atoms with Crippen molar-refractivity contribution in [2.24, 2.45) is 0 Å². The molecule has 0 bridgehead atoms. The predicted octanol–water partition coefficient (Wildman–Crippen LogP) is 2.03. The van der Waals surface area contributed by atoms with Gasteiger partial charge in [0.1, 0.15) is 11.3 Å². The minimum atomic E-state index is -1.39. The Bertz CT molecular complexity index is 605. The van der Waals surface area contributed by atoms with Crippen LogP contribution in [-0.4, -0.2) is 47.7 Å². The monoisotopic (exact) mass is 333 g/mol. The molecule has 0 atom stereocenters. The van der Waals surface area contributed by atoms with Gasteiger partial charge in [-0.25, -0.2) is 9.59 Å². The number of urea groups is 1. The lowest BCUT2D eigenvalue weighted by atomic mass is 10.0. The molecule has 0 fully saturated rings. The first-order chi connectivity index (χ1) is 11.3. The topological polar surface area (TPSA) is 103 Å². The number of ether oxygens (including phenoxy) is 1. The van der Waals surface area contributed by atoms with Gasteiger partial charge in [-0.2, -0.15) is 5.26 Å². The molecule has 0 aromatic heterocycles. The summed E-state index contributed by atoms with van der Waals surface area (Å²) in [5.41, 5.74) is -0.363. The van der Waals surface area contributed by atoms with Crippen LogP contribution in [0.4, 0.5) is 4.79 Å². The number of carboxylic acids is 1. The van der Waals surface area contributed by atoms with Gasteiger partial charge in [-0.05, 0) is 38.0 Å². The third kappa shape index (κ3) is 5.16. The first-order valence-corrected chi connectivity index (χ1v) is 7.61. The molecule has 0 unspecified atom stereocenters. The summed E-state index contributed by atoms with van der Waals surface area (Å²) in [4.78, 5) is 24.9. The number of methoxy groups -OCH3 is 1. The number of nitriles is 1. The lowest BCUT2D eigenvalue weighted by Crippen LogP contribution is -2.56. The van der Waals surface area contributed by atoms with Gasteiger partial charge in [-0.1, -0.05) is 12.1 Å². The molecule has 24 heavy (non-hydrogen) atoms. The summed E-state index contributed by atoms with van der Waals surface area (Å²) in [5, 5.41) is 20.7. The summed E-state index contributed by atoms with van der Waals surface area (Å²) in [6.45, 7) is 3.31. The first-order valence-electron chi connectivity index (χ1n) is 7.61. The summed E-state index contributed by atoms with van der Waals surface area (Å²) in [6, 6.07) is 8.92. The van der Waals surface area contributed by atoms with Crippen molar-refractivity contribution in [2.45, 2.75) is 32.2 Å². The summed E-state index contributed by atoms with van der Waals surface area (Å²) >= 11 is 0. The lowest BCUT2D eigenvalue weighted by molar-refractivity contribution is -0.147. The number of hydrogen-bond acceptors (Lipinski definition) is 4. The zero-order chi connectivity index (χ0) is 18.2. The van der Waals surface area contributed by atoms with Crippen LogP contribution in [0.5, 0.6) is 5.75 Å². The van der Waals surface area contributed by atoms with Crippen molar-refractivity contribution in [3.05, 3.63) is 29.8 Å². The van der Waals surface area contributed by atoms with Gasteiger partial charge >= 0.3 is 12.0 Å². The van der Waals surface area contributed by atoms with E-state index in [1.54, 1.807) is 7.11 Å². The van der Waals surface area contributed by atoms with E-state index in [0.29, 0.717) is 13.0 Å². The Labute approximate surface area is 141 Å². The molecule has 1 aromatic rings. The number of carbonyl (C=O) groups is 2. The second-order valence-electron chi connectivity index (χ2n) is 5.75. The summed E-state index contributed by atoms with van der Waals surface area (Å²) in [7, 11) is 1.59. The summed E-state index contributed by atoms with van der Waals surface area (Å²) in [5.74, 6) is -0.362. The maximum Gasteiger partial charge on any atom is 0.329 e. The van der Waals surface area contributed by atoms with Crippen molar-refractivity contribution in [1.29, 1.82) is 5.26 Å². The maximum absolute atomic E-state index is 12.3. The van der Waals surface area contributed by atoms with E-state index in [2.05, 4.69) is 5.32 Å². The molecule has 0 aliphatic heterocycles. The van der Waals surface area contributed by atoms with Crippen LogP contribution in [0.25, 0.3) is 0 Å². The van der Waals surface area contributed by atoms with Gasteiger partial charge in [-0.3, -0.25) is 0 Å². The molecular weight excluding hydrogens is 310 g/mol. The number of rotatable bonds is 8. The van der Waals surface area contributed by atoms with Crippen molar-refractivity contribution >= 4 is 12.0 Å². The molecule has 7 heteroatoms. The maximum atomic E-state index is 12.3. The molecule has 0 saturated carbocycles. The number of carbonyl (C=O) groups excluding carboxylic acids is 1. The van der Waals surface area contributed by atoms with E-state index >= 15 is 0 Å². The Morgan fingerprint density at radius 3 is 2.46 bits per heavy atom. The highest BCUT2D eigenvalue weighted by Crippen LogP contribution is 2.16. The molecule has 0 aliphatic rings. The number of amides is 2. The van der Waals surface area contributed by atoms with Gasteiger partial charge in [0.2, 0.25) is 0 Å². The molecule has 0 aliphatic carbocycles. The van der Waals surface area contributed by atoms with Crippen LogP contribution >= 0.6 is 0 Å². The number of nitrogens with zero attached hydrogens (tertiary/aromatic N) is 2. The normalized spacial score (nSPS) is 10.6. The minimum Gasteiger partial charge on any atom is -0.497 e. The van der Waals surface area contributed by atoms with Crippen molar-refractivity contribution in [2.75, 3.05) is 20.2 Å². The van der Waals surface area contributed by atoms with E-state index in [1.807, 2.05) is 30.3 Å². The van der Waals surface area contributed by atoms with E-state index in [-0.39, 0.29) is 13.0 Å². The molecule has 0 spiro atoms. The Morgan fingerprint density at radius 1 is 1.33 bits per heavy atom. The molecule has 130 valence electrons.